The van der Waals surface area contributed by atoms with Gasteiger partial charge in [0.25, 0.3) is 5.91 Å². The summed E-state index contributed by atoms with van der Waals surface area (Å²) < 4.78 is 122. The Bertz CT molecular complexity index is 994. The minimum atomic E-state index is -5.23. The summed E-state index contributed by atoms with van der Waals surface area (Å²) in [4.78, 5) is 24.4. The Kier molecular flexibility index (Phi) is 7.34. The van der Waals surface area contributed by atoms with E-state index in [4.69, 9.17) is 0 Å². The minimum Gasteiger partial charge on any atom is -0.467 e. The van der Waals surface area contributed by atoms with Gasteiger partial charge in [-0.05, 0) is 29.8 Å². The van der Waals surface area contributed by atoms with Gasteiger partial charge < -0.3 is 10.1 Å². The lowest BCUT2D eigenvalue weighted by atomic mass is 9.99. The molecule has 2 aromatic carbocycles. The van der Waals surface area contributed by atoms with E-state index < -0.39 is 70.7 Å². The second kappa shape index (κ2) is 9.32. The van der Waals surface area contributed by atoms with Gasteiger partial charge in [0.1, 0.15) is 6.04 Å². The molecular formula is C20H14F9NO3. The van der Waals surface area contributed by atoms with Gasteiger partial charge in [-0.25, -0.2) is 4.79 Å². The summed E-state index contributed by atoms with van der Waals surface area (Å²) in [5.74, 6) is -2.81. The summed E-state index contributed by atoms with van der Waals surface area (Å²) in [5, 5.41) is 1.85. The number of esters is 1. The predicted octanol–water partition coefficient (Wildman–Crippen LogP) is 5.26. The number of hydrogen-bond donors (Lipinski definition) is 1. The van der Waals surface area contributed by atoms with Gasteiger partial charge in [-0.2, -0.15) is 39.5 Å². The molecule has 0 fully saturated rings. The zero-order valence-corrected chi connectivity index (χ0v) is 16.5. The van der Waals surface area contributed by atoms with Gasteiger partial charge in [-0.15, -0.1) is 0 Å². The fourth-order valence-corrected chi connectivity index (χ4v) is 2.86. The van der Waals surface area contributed by atoms with Crippen LogP contribution in [0.2, 0.25) is 0 Å². The molecular weight excluding hydrogens is 473 g/mol. The molecule has 0 aromatic heterocycles. The van der Waals surface area contributed by atoms with Crippen LogP contribution in [0.15, 0.2) is 42.5 Å². The number of benzene rings is 2. The number of amides is 1. The highest BCUT2D eigenvalue weighted by Gasteiger charge is 2.38. The standard InChI is InChI=1S/C20H14F9NO3/c1-33-17(32)15(8-10-4-2-3-5-14(10)20(27,28)29)30-16(31)11-6-12(18(21,22)23)9-13(7-11)19(24,25)26/h2-7,9,15H,8H2,1H3,(H,30,31)/t15-/m1/s1. The van der Waals surface area contributed by atoms with Crippen LogP contribution in [0.4, 0.5) is 39.5 Å². The third kappa shape index (κ3) is 6.62. The number of carbonyl (C=O) groups is 2. The molecule has 4 nitrogen and oxygen atoms in total. The van der Waals surface area contributed by atoms with E-state index in [-0.39, 0.29) is 18.2 Å². The van der Waals surface area contributed by atoms with Crippen molar-refractivity contribution in [2.24, 2.45) is 0 Å². The molecule has 0 spiro atoms. The number of nitrogens with one attached hydrogen (secondary N) is 1. The van der Waals surface area contributed by atoms with Crippen molar-refractivity contribution in [3.05, 3.63) is 70.3 Å². The molecule has 1 N–H and O–H groups in total. The van der Waals surface area contributed by atoms with Gasteiger partial charge in [0.2, 0.25) is 0 Å². The highest BCUT2D eigenvalue weighted by Crippen LogP contribution is 2.36. The Hall–Kier alpha value is -3.25. The molecule has 0 saturated heterocycles. The fraction of sp³-hybridized carbons (Fsp3) is 0.300. The number of halogens is 9. The lowest BCUT2D eigenvalue weighted by molar-refractivity contribution is -0.144. The quantitative estimate of drug-likeness (QED) is 0.463. The first kappa shape index (κ1) is 26.0. The van der Waals surface area contributed by atoms with Gasteiger partial charge in [0.15, 0.2) is 0 Å². The molecule has 0 saturated carbocycles. The van der Waals surface area contributed by atoms with Crippen molar-refractivity contribution in [2.75, 3.05) is 7.11 Å². The van der Waals surface area contributed by atoms with E-state index in [2.05, 4.69) is 4.74 Å². The van der Waals surface area contributed by atoms with E-state index in [1.807, 2.05) is 5.32 Å². The normalized spacial score (nSPS) is 13.4. The van der Waals surface area contributed by atoms with Crippen molar-refractivity contribution in [1.29, 1.82) is 0 Å². The number of alkyl halides is 9. The molecule has 0 aliphatic rings. The first-order valence-electron chi connectivity index (χ1n) is 8.87. The highest BCUT2D eigenvalue weighted by atomic mass is 19.4. The maximum Gasteiger partial charge on any atom is 0.416 e. The molecule has 33 heavy (non-hydrogen) atoms. The summed E-state index contributed by atoms with van der Waals surface area (Å²) in [5.41, 5.74) is -6.26. The number of rotatable bonds is 5. The summed E-state index contributed by atoms with van der Waals surface area (Å²) in [6.45, 7) is 0. The number of ether oxygens (including phenoxy) is 1. The third-order valence-electron chi connectivity index (χ3n) is 4.39. The van der Waals surface area contributed by atoms with Crippen LogP contribution in [0, 0.1) is 0 Å². The van der Waals surface area contributed by atoms with Crippen molar-refractivity contribution < 1.29 is 53.8 Å². The SMILES string of the molecule is COC(=O)[C@@H](Cc1ccccc1C(F)(F)F)NC(=O)c1cc(C(F)(F)F)cc(C(F)(F)F)c1. The van der Waals surface area contributed by atoms with E-state index in [0.29, 0.717) is 6.07 Å². The molecule has 0 radical (unpaired) electrons. The molecule has 0 bridgehead atoms. The van der Waals surface area contributed by atoms with E-state index in [9.17, 15) is 49.1 Å². The molecule has 180 valence electrons. The topological polar surface area (TPSA) is 55.4 Å². The van der Waals surface area contributed by atoms with Crippen LogP contribution in [0.25, 0.3) is 0 Å². The molecule has 2 aromatic rings. The first-order chi connectivity index (χ1) is 15.0. The maximum absolute atomic E-state index is 13.2. The minimum absolute atomic E-state index is 0.128. The first-order valence-corrected chi connectivity index (χ1v) is 8.87. The van der Waals surface area contributed by atoms with E-state index >= 15 is 0 Å². The van der Waals surface area contributed by atoms with Crippen molar-refractivity contribution in [3.63, 3.8) is 0 Å². The average molecular weight is 487 g/mol. The summed E-state index contributed by atoms with van der Waals surface area (Å²) in [6.07, 6.45) is -16.1. The third-order valence-corrected chi connectivity index (χ3v) is 4.39. The lowest BCUT2D eigenvalue weighted by Crippen LogP contribution is -2.43. The lowest BCUT2D eigenvalue weighted by Gasteiger charge is -2.20. The molecule has 2 rings (SSSR count). The van der Waals surface area contributed by atoms with Crippen LogP contribution in [-0.2, 0) is 34.5 Å². The van der Waals surface area contributed by atoms with Crippen molar-refractivity contribution in [1.82, 2.24) is 5.32 Å². The van der Waals surface area contributed by atoms with Crippen molar-refractivity contribution >= 4 is 11.9 Å². The zero-order valence-electron chi connectivity index (χ0n) is 16.5. The number of hydrogen-bond acceptors (Lipinski definition) is 3. The smallest absolute Gasteiger partial charge is 0.416 e. The predicted molar refractivity (Wildman–Crippen MR) is 94.9 cm³/mol. The van der Waals surface area contributed by atoms with Crippen LogP contribution in [0.3, 0.4) is 0 Å². The van der Waals surface area contributed by atoms with Gasteiger partial charge in [0.05, 0.1) is 23.8 Å². The van der Waals surface area contributed by atoms with E-state index in [0.717, 1.165) is 19.2 Å². The Labute approximate surface area is 180 Å². The Morgan fingerprint density at radius 1 is 0.848 bits per heavy atom. The van der Waals surface area contributed by atoms with Gasteiger partial charge in [-0.1, -0.05) is 18.2 Å². The van der Waals surface area contributed by atoms with E-state index in [1.54, 1.807) is 0 Å². The monoisotopic (exact) mass is 487 g/mol. The largest absolute Gasteiger partial charge is 0.467 e. The maximum atomic E-state index is 13.2. The van der Waals surface area contributed by atoms with Gasteiger partial charge in [-0.3, -0.25) is 4.79 Å². The second-order valence-corrected chi connectivity index (χ2v) is 6.70. The Balaban J connectivity index is 2.44. The summed E-state index contributed by atoms with van der Waals surface area (Å²) in [6, 6.07) is 2.20. The molecule has 0 aliphatic heterocycles. The van der Waals surface area contributed by atoms with Crippen molar-refractivity contribution in [3.8, 4) is 0 Å². The van der Waals surface area contributed by atoms with Crippen LogP contribution >= 0.6 is 0 Å². The number of carbonyl (C=O) groups excluding carboxylic acids is 2. The van der Waals surface area contributed by atoms with E-state index in [1.165, 1.54) is 6.07 Å². The Morgan fingerprint density at radius 3 is 1.82 bits per heavy atom. The average Bonchev–Trinajstić information content (AvgIpc) is 2.70. The highest BCUT2D eigenvalue weighted by molar-refractivity contribution is 5.97. The molecule has 1 amide bonds. The van der Waals surface area contributed by atoms with Gasteiger partial charge in [0, 0.05) is 12.0 Å². The molecule has 0 heterocycles. The summed E-state index contributed by atoms with van der Waals surface area (Å²) >= 11 is 0. The van der Waals surface area contributed by atoms with Crippen LogP contribution < -0.4 is 5.32 Å². The second-order valence-electron chi connectivity index (χ2n) is 6.70. The van der Waals surface area contributed by atoms with Crippen LogP contribution in [0.5, 0.6) is 0 Å². The van der Waals surface area contributed by atoms with Crippen molar-refractivity contribution in [2.45, 2.75) is 31.0 Å². The molecule has 0 aliphatic carbocycles. The van der Waals surface area contributed by atoms with Crippen LogP contribution in [0.1, 0.15) is 32.6 Å². The number of methoxy groups -OCH3 is 1. The molecule has 0 unspecified atom stereocenters. The molecule has 13 heteroatoms. The fourth-order valence-electron chi connectivity index (χ4n) is 2.86. The Morgan fingerprint density at radius 2 is 1.36 bits per heavy atom. The van der Waals surface area contributed by atoms with Crippen LogP contribution in [-0.4, -0.2) is 25.0 Å². The molecule has 1 atom stereocenters. The summed E-state index contributed by atoms with van der Waals surface area (Å²) in [7, 11) is 0.836. The van der Waals surface area contributed by atoms with Gasteiger partial charge >= 0.3 is 24.5 Å². The zero-order chi connectivity index (χ0) is 25.2.